The summed E-state index contributed by atoms with van der Waals surface area (Å²) < 4.78 is 32.5. The maximum Gasteiger partial charge on any atom is 0.223 e. The fourth-order valence-electron chi connectivity index (χ4n) is 6.73. The molecule has 5 aliphatic rings. The molecule has 0 radical (unpaired) electrons. The summed E-state index contributed by atoms with van der Waals surface area (Å²) in [5.41, 5.74) is 0.822. The summed E-state index contributed by atoms with van der Waals surface area (Å²) in [5, 5.41) is 0. The number of benzene rings is 1. The van der Waals surface area contributed by atoms with E-state index in [0.717, 1.165) is 23.8 Å². The lowest BCUT2D eigenvalue weighted by atomic mass is 9.49. The van der Waals surface area contributed by atoms with Gasteiger partial charge in [0.15, 0.2) is 11.6 Å². The molecule has 1 unspecified atom stereocenters. The quantitative estimate of drug-likeness (QED) is 0.780. The maximum absolute atomic E-state index is 13.6. The molecular formula is C22H27F2NO2. The zero-order valence-corrected chi connectivity index (χ0v) is 15.6. The molecule has 1 atom stereocenters. The number of nitrogens with zero attached hydrogens (tertiary/aromatic N) is 1. The Kier molecular flexibility index (Phi) is 4.26. The Bertz CT molecular complexity index is 715. The molecule has 5 fully saturated rings. The minimum atomic E-state index is -0.867. The van der Waals surface area contributed by atoms with Crippen molar-refractivity contribution in [2.45, 2.75) is 51.0 Å². The minimum absolute atomic E-state index is 0.216. The molecule has 1 aromatic carbocycles. The van der Waals surface area contributed by atoms with Gasteiger partial charge in [-0.1, -0.05) is 6.07 Å². The SMILES string of the molecule is O=C(CC12CC3CC(CC(C3)C1)C2)N1CCOC(c2ccc(F)c(F)c2)C1. The second kappa shape index (κ2) is 6.54. The van der Waals surface area contributed by atoms with Gasteiger partial charge in [0.05, 0.1) is 13.2 Å². The first-order chi connectivity index (χ1) is 13.0. The number of morpholine rings is 1. The highest BCUT2D eigenvalue weighted by Gasteiger charge is 2.51. The molecule has 146 valence electrons. The third-order valence-electron chi connectivity index (χ3n) is 7.43. The largest absolute Gasteiger partial charge is 0.370 e. The van der Waals surface area contributed by atoms with Gasteiger partial charge in [-0.25, -0.2) is 8.78 Å². The first-order valence-electron chi connectivity index (χ1n) is 10.3. The molecule has 1 heterocycles. The Balaban J connectivity index is 1.27. The number of hydrogen-bond acceptors (Lipinski definition) is 2. The van der Waals surface area contributed by atoms with Crippen LogP contribution in [0.15, 0.2) is 18.2 Å². The predicted octanol–water partition coefficient (Wildman–Crippen LogP) is 4.47. The first-order valence-corrected chi connectivity index (χ1v) is 10.3. The monoisotopic (exact) mass is 375 g/mol. The normalized spacial score (nSPS) is 37.6. The van der Waals surface area contributed by atoms with E-state index in [1.54, 1.807) is 6.07 Å². The van der Waals surface area contributed by atoms with Gasteiger partial charge in [-0.2, -0.15) is 0 Å². The van der Waals surface area contributed by atoms with Crippen molar-refractivity contribution in [1.29, 1.82) is 0 Å². The lowest BCUT2D eigenvalue weighted by Crippen LogP contribution is -2.50. The molecule has 4 bridgehead atoms. The van der Waals surface area contributed by atoms with Crippen LogP contribution in [0.2, 0.25) is 0 Å². The summed E-state index contributed by atoms with van der Waals surface area (Å²) >= 11 is 0. The molecule has 1 amide bonds. The smallest absolute Gasteiger partial charge is 0.223 e. The second-order valence-electron chi connectivity index (χ2n) is 9.47. The Morgan fingerprint density at radius 1 is 1.07 bits per heavy atom. The Morgan fingerprint density at radius 2 is 1.74 bits per heavy atom. The number of halogens is 2. The number of hydrogen-bond donors (Lipinski definition) is 0. The third kappa shape index (κ3) is 3.28. The van der Waals surface area contributed by atoms with Crippen LogP contribution in [0.1, 0.15) is 56.6 Å². The van der Waals surface area contributed by atoms with Gasteiger partial charge in [0, 0.05) is 13.0 Å². The first kappa shape index (κ1) is 17.6. The summed E-state index contributed by atoms with van der Waals surface area (Å²) in [6, 6.07) is 3.87. The van der Waals surface area contributed by atoms with Gasteiger partial charge in [-0.15, -0.1) is 0 Å². The van der Waals surface area contributed by atoms with Crippen molar-refractivity contribution in [3.63, 3.8) is 0 Å². The molecule has 4 aliphatic carbocycles. The van der Waals surface area contributed by atoms with E-state index in [1.165, 1.54) is 44.6 Å². The number of carbonyl (C=O) groups is 1. The molecule has 0 N–H and O–H groups in total. The van der Waals surface area contributed by atoms with Crippen molar-refractivity contribution in [3.05, 3.63) is 35.4 Å². The lowest BCUT2D eigenvalue weighted by molar-refractivity contribution is -0.146. The van der Waals surface area contributed by atoms with Crippen molar-refractivity contribution >= 4 is 5.91 Å². The van der Waals surface area contributed by atoms with E-state index >= 15 is 0 Å². The summed E-state index contributed by atoms with van der Waals surface area (Å²) in [5.74, 6) is 1.00. The highest BCUT2D eigenvalue weighted by molar-refractivity contribution is 5.77. The zero-order valence-electron chi connectivity index (χ0n) is 15.6. The Labute approximate surface area is 159 Å². The summed E-state index contributed by atoms with van der Waals surface area (Å²) in [7, 11) is 0. The van der Waals surface area contributed by atoms with E-state index in [4.69, 9.17) is 4.74 Å². The Morgan fingerprint density at radius 3 is 2.37 bits per heavy atom. The molecule has 1 aliphatic heterocycles. The van der Waals surface area contributed by atoms with Gasteiger partial charge in [0.1, 0.15) is 6.10 Å². The van der Waals surface area contributed by atoms with Crippen molar-refractivity contribution in [2.24, 2.45) is 23.2 Å². The van der Waals surface area contributed by atoms with E-state index in [9.17, 15) is 13.6 Å². The average Bonchev–Trinajstić information content (AvgIpc) is 2.62. The van der Waals surface area contributed by atoms with Gasteiger partial charge >= 0.3 is 0 Å². The van der Waals surface area contributed by atoms with E-state index in [1.807, 2.05) is 4.90 Å². The molecule has 4 saturated carbocycles. The van der Waals surface area contributed by atoms with Crippen molar-refractivity contribution in [1.82, 2.24) is 4.90 Å². The molecule has 0 spiro atoms. The highest BCUT2D eigenvalue weighted by atomic mass is 19.2. The molecule has 6 rings (SSSR count). The van der Waals surface area contributed by atoms with Crippen LogP contribution in [-0.4, -0.2) is 30.5 Å². The van der Waals surface area contributed by atoms with Crippen molar-refractivity contribution < 1.29 is 18.3 Å². The van der Waals surface area contributed by atoms with E-state index in [2.05, 4.69) is 0 Å². The standard InChI is InChI=1S/C22H27F2NO2/c23-18-2-1-17(8-19(18)24)20-13-25(3-4-27-20)21(26)12-22-9-14-5-15(10-22)7-16(6-14)11-22/h1-2,8,14-16,20H,3-7,9-13H2. The lowest BCUT2D eigenvalue weighted by Gasteiger charge is -2.57. The minimum Gasteiger partial charge on any atom is -0.370 e. The fraction of sp³-hybridized carbons (Fsp3) is 0.682. The molecule has 3 nitrogen and oxygen atoms in total. The van der Waals surface area contributed by atoms with E-state index < -0.39 is 11.6 Å². The molecular weight excluding hydrogens is 348 g/mol. The van der Waals surface area contributed by atoms with Gasteiger partial charge in [-0.05, 0) is 79.4 Å². The predicted molar refractivity (Wildman–Crippen MR) is 96.9 cm³/mol. The number of rotatable bonds is 3. The molecule has 5 heteroatoms. The second-order valence-corrected chi connectivity index (χ2v) is 9.47. The van der Waals surface area contributed by atoms with Gasteiger partial charge < -0.3 is 9.64 Å². The summed E-state index contributed by atoms with van der Waals surface area (Å²) in [4.78, 5) is 15.0. The van der Waals surface area contributed by atoms with Crippen LogP contribution in [0.3, 0.4) is 0 Å². The van der Waals surface area contributed by atoms with E-state index in [-0.39, 0.29) is 17.4 Å². The number of ether oxygens (including phenoxy) is 1. The average molecular weight is 375 g/mol. The number of carbonyl (C=O) groups excluding carboxylic acids is 1. The molecule has 1 saturated heterocycles. The van der Waals surface area contributed by atoms with E-state index in [0.29, 0.717) is 31.7 Å². The Hall–Kier alpha value is -1.49. The summed E-state index contributed by atoms with van der Waals surface area (Å²) in [6.45, 7) is 1.46. The zero-order chi connectivity index (χ0) is 18.6. The molecule has 27 heavy (non-hydrogen) atoms. The van der Waals surface area contributed by atoms with Crippen LogP contribution in [0, 0.1) is 34.8 Å². The third-order valence-corrected chi connectivity index (χ3v) is 7.43. The van der Waals surface area contributed by atoms with Crippen LogP contribution in [0.5, 0.6) is 0 Å². The fourth-order valence-corrected chi connectivity index (χ4v) is 6.73. The maximum atomic E-state index is 13.6. The van der Waals surface area contributed by atoms with Gasteiger partial charge in [-0.3, -0.25) is 4.79 Å². The van der Waals surface area contributed by atoms with Gasteiger partial charge in [0.2, 0.25) is 5.91 Å². The van der Waals surface area contributed by atoms with Crippen LogP contribution in [-0.2, 0) is 9.53 Å². The topological polar surface area (TPSA) is 29.5 Å². The van der Waals surface area contributed by atoms with Gasteiger partial charge in [0.25, 0.3) is 0 Å². The molecule has 1 aromatic rings. The van der Waals surface area contributed by atoms with Crippen LogP contribution >= 0.6 is 0 Å². The summed E-state index contributed by atoms with van der Waals surface area (Å²) in [6.07, 6.45) is 8.08. The highest BCUT2D eigenvalue weighted by Crippen LogP contribution is 2.61. The molecule has 0 aromatic heterocycles. The van der Waals surface area contributed by atoms with Crippen LogP contribution < -0.4 is 0 Å². The van der Waals surface area contributed by atoms with Crippen LogP contribution in [0.4, 0.5) is 8.78 Å². The van der Waals surface area contributed by atoms with Crippen molar-refractivity contribution in [3.8, 4) is 0 Å². The van der Waals surface area contributed by atoms with Crippen LogP contribution in [0.25, 0.3) is 0 Å². The number of amides is 1. The van der Waals surface area contributed by atoms with Crippen molar-refractivity contribution in [2.75, 3.05) is 19.7 Å².